The number of rotatable bonds is 4. The molecule has 4 nitrogen and oxygen atoms in total. The lowest BCUT2D eigenvalue weighted by Crippen LogP contribution is -2.06. The zero-order valence-electron chi connectivity index (χ0n) is 13.3. The quantitative estimate of drug-likeness (QED) is 0.479. The number of nitrogens with zero attached hydrogens (tertiary/aromatic N) is 2. The number of thiazole rings is 1. The summed E-state index contributed by atoms with van der Waals surface area (Å²) < 4.78 is 6.58. The number of fused-ring (bicyclic) bond motifs is 2. The molecule has 0 aliphatic rings. The van der Waals surface area contributed by atoms with Crippen LogP contribution in [0.15, 0.2) is 83.3 Å². The molecule has 5 heteroatoms. The summed E-state index contributed by atoms with van der Waals surface area (Å²) >= 11 is 1.48. The second-order valence-electron chi connectivity index (χ2n) is 5.43. The van der Waals surface area contributed by atoms with E-state index in [9.17, 15) is 4.79 Å². The van der Waals surface area contributed by atoms with Crippen LogP contribution < -0.4 is 10.5 Å². The van der Waals surface area contributed by atoms with Crippen molar-refractivity contribution in [2.24, 2.45) is 0 Å². The molecule has 0 aliphatic carbocycles. The van der Waals surface area contributed by atoms with Crippen molar-refractivity contribution in [1.82, 2.24) is 4.98 Å². The minimum Gasteiger partial charge on any atom is -0.422 e. The molecule has 0 bridgehead atoms. The van der Waals surface area contributed by atoms with Crippen LogP contribution in [0.3, 0.4) is 0 Å². The van der Waals surface area contributed by atoms with E-state index in [0.29, 0.717) is 16.2 Å². The minimum atomic E-state index is -0.396. The van der Waals surface area contributed by atoms with Crippen LogP contribution in [-0.2, 0) is 0 Å². The average Bonchev–Trinajstić information content (AvgIpc) is 3.06. The fraction of sp³-hybridized carbons (Fsp3) is 0. The Hall–Kier alpha value is -3.18. The molecule has 122 valence electrons. The number of para-hydroxylation sites is 1. The Morgan fingerprint density at radius 2 is 1.88 bits per heavy atom. The van der Waals surface area contributed by atoms with Crippen LogP contribution in [0.4, 0.5) is 5.69 Å². The van der Waals surface area contributed by atoms with Gasteiger partial charge in [0.15, 0.2) is 0 Å². The van der Waals surface area contributed by atoms with E-state index < -0.39 is 5.63 Å². The molecule has 0 unspecified atom stereocenters. The van der Waals surface area contributed by atoms with Crippen LogP contribution in [0.5, 0.6) is 0 Å². The Balaban J connectivity index is 1.87. The lowest BCUT2D eigenvalue weighted by molar-refractivity contribution is 0.563. The zero-order valence-corrected chi connectivity index (χ0v) is 14.1. The van der Waals surface area contributed by atoms with Gasteiger partial charge in [0.1, 0.15) is 10.6 Å². The SMILES string of the molecule is C=CN(C=C)c1ccc2cc(-c3nc4ccccc4s3)c(=O)oc2c1. The Labute approximate surface area is 148 Å². The van der Waals surface area contributed by atoms with Gasteiger partial charge in [-0.1, -0.05) is 25.3 Å². The Morgan fingerprint density at radius 1 is 1.08 bits per heavy atom. The molecule has 0 saturated heterocycles. The molecule has 4 rings (SSSR count). The van der Waals surface area contributed by atoms with Gasteiger partial charge in [-0.15, -0.1) is 11.3 Å². The highest BCUT2D eigenvalue weighted by Gasteiger charge is 2.13. The van der Waals surface area contributed by atoms with Crippen molar-refractivity contribution >= 4 is 38.2 Å². The first-order valence-electron chi connectivity index (χ1n) is 7.67. The highest BCUT2D eigenvalue weighted by molar-refractivity contribution is 7.21. The number of hydrogen-bond acceptors (Lipinski definition) is 5. The van der Waals surface area contributed by atoms with Crippen LogP contribution >= 0.6 is 11.3 Å². The van der Waals surface area contributed by atoms with Crippen LogP contribution in [0.2, 0.25) is 0 Å². The molecule has 4 aromatic rings. The maximum absolute atomic E-state index is 12.5. The number of aromatic nitrogens is 1. The molecule has 0 amide bonds. The molecular weight excluding hydrogens is 332 g/mol. The van der Waals surface area contributed by atoms with E-state index >= 15 is 0 Å². The van der Waals surface area contributed by atoms with Crippen molar-refractivity contribution in [3.05, 3.63) is 84.5 Å². The molecule has 2 aromatic heterocycles. The Kier molecular flexibility index (Phi) is 3.71. The Bertz CT molecular complexity index is 1130. The molecule has 0 spiro atoms. The van der Waals surface area contributed by atoms with Crippen molar-refractivity contribution < 1.29 is 4.42 Å². The van der Waals surface area contributed by atoms with Gasteiger partial charge < -0.3 is 9.32 Å². The fourth-order valence-corrected chi connectivity index (χ4v) is 3.65. The van der Waals surface area contributed by atoms with Gasteiger partial charge in [0.25, 0.3) is 0 Å². The van der Waals surface area contributed by atoms with Gasteiger partial charge in [0.2, 0.25) is 0 Å². The standard InChI is InChI=1S/C20H14N2O2S/c1-3-22(4-2)14-10-9-13-11-15(20(23)24-17(13)12-14)19-21-16-7-5-6-8-18(16)25-19/h3-12H,1-2H2. The summed E-state index contributed by atoms with van der Waals surface area (Å²) in [4.78, 5) is 18.8. The maximum Gasteiger partial charge on any atom is 0.346 e. The van der Waals surface area contributed by atoms with E-state index in [1.54, 1.807) is 23.4 Å². The molecule has 25 heavy (non-hydrogen) atoms. The Morgan fingerprint density at radius 3 is 2.64 bits per heavy atom. The number of hydrogen-bond donors (Lipinski definition) is 0. The normalized spacial score (nSPS) is 10.9. The predicted octanol–water partition coefficient (Wildman–Crippen LogP) is 5.16. The van der Waals surface area contributed by atoms with Gasteiger partial charge in [0, 0.05) is 29.5 Å². The van der Waals surface area contributed by atoms with Crippen molar-refractivity contribution in [2.45, 2.75) is 0 Å². The first-order chi connectivity index (χ1) is 12.2. The highest BCUT2D eigenvalue weighted by Crippen LogP contribution is 2.30. The summed E-state index contributed by atoms with van der Waals surface area (Å²) in [6, 6.07) is 15.3. The molecule has 0 aliphatic heterocycles. The summed E-state index contributed by atoms with van der Waals surface area (Å²) in [5, 5.41) is 1.51. The summed E-state index contributed by atoms with van der Waals surface area (Å²) in [6.07, 6.45) is 3.28. The van der Waals surface area contributed by atoms with Crippen LogP contribution in [-0.4, -0.2) is 4.98 Å². The second kappa shape index (κ2) is 6.03. The van der Waals surface area contributed by atoms with E-state index in [1.807, 2.05) is 42.5 Å². The molecule has 0 fully saturated rings. The van der Waals surface area contributed by atoms with E-state index in [0.717, 1.165) is 21.3 Å². The summed E-state index contributed by atoms with van der Waals surface area (Å²) in [6.45, 7) is 7.47. The lowest BCUT2D eigenvalue weighted by atomic mass is 10.1. The monoisotopic (exact) mass is 346 g/mol. The summed E-state index contributed by atoms with van der Waals surface area (Å²) in [5.74, 6) is 0. The topological polar surface area (TPSA) is 46.3 Å². The van der Waals surface area contributed by atoms with Gasteiger partial charge in [0.05, 0.1) is 15.8 Å². The molecule has 2 aromatic carbocycles. The van der Waals surface area contributed by atoms with Gasteiger partial charge in [-0.3, -0.25) is 0 Å². The van der Waals surface area contributed by atoms with Gasteiger partial charge in [-0.05, 0) is 30.3 Å². The third kappa shape index (κ3) is 2.64. The third-order valence-electron chi connectivity index (χ3n) is 3.94. The predicted molar refractivity (Wildman–Crippen MR) is 104 cm³/mol. The van der Waals surface area contributed by atoms with Crippen molar-refractivity contribution in [2.75, 3.05) is 4.90 Å². The van der Waals surface area contributed by atoms with Crippen LogP contribution in [0.25, 0.3) is 31.8 Å². The van der Waals surface area contributed by atoms with Gasteiger partial charge in [-0.2, -0.15) is 0 Å². The average molecular weight is 346 g/mol. The van der Waals surface area contributed by atoms with E-state index in [2.05, 4.69) is 18.1 Å². The summed E-state index contributed by atoms with van der Waals surface area (Å²) in [5.41, 5.74) is 2.30. The van der Waals surface area contributed by atoms with Gasteiger partial charge >= 0.3 is 5.63 Å². The molecule has 0 saturated carbocycles. The summed E-state index contributed by atoms with van der Waals surface area (Å²) in [7, 11) is 0. The fourth-order valence-electron chi connectivity index (χ4n) is 2.68. The molecule has 0 N–H and O–H groups in total. The van der Waals surface area contributed by atoms with E-state index in [4.69, 9.17) is 4.42 Å². The third-order valence-corrected chi connectivity index (χ3v) is 5.01. The van der Waals surface area contributed by atoms with Crippen LogP contribution in [0.1, 0.15) is 0 Å². The van der Waals surface area contributed by atoms with Crippen molar-refractivity contribution in [3.63, 3.8) is 0 Å². The largest absolute Gasteiger partial charge is 0.422 e. The first kappa shape index (κ1) is 15.4. The minimum absolute atomic E-state index is 0.396. The lowest BCUT2D eigenvalue weighted by Gasteiger charge is -2.14. The van der Waals surface area contributed by atoms with Crippen LogP contribution in [0, 0.1) is 0 Å². The van der Waals surface area contributed by atoms with Gasteiger partial charge in [-0.25, -0.2) is 9.78 Å². The molecule has 0 atom stereocenters. The second-order valence-corrected chi connectivity index (χ2v) is 6.46. The molecular formula is C20H14N2O2S. The molecule has 0 radical (unpaired) electrons. The van der Waals surface area contributed by atoms with Crippen molar-refractivity contribution in [1.29, 1.82) is 0 Å². The van der Waals surface area contributed by atoms with E-state index in [1.165, 1.54) is 11.3 Å². The van der Waals surface area contributed by atoms with E-state index in [-0.39, 0.29) is 0 Å². The number of anilines is 1. The zero-order chi connectivity index (χ0) is 17.4. The van der Waals surface area contributed by atoms with Crippen molar-refractivity contribution in [3.8, 4) is 10.6 Å². The molecule has 2 heterocycles. The first-order valence-corrected chi connectivity index (χ1v) is 8.48. The maximum atomic E-state index is 12.5. The highest BCUT2D eigenvalue weighted by atomic mass is 32.1. The smallest absolute Gasteiger partial charge is 0.346 e. The number of benzene rings is 2.